The standard InChI is InChI=1S/C19H28N4O3S.HI/c1-3-20-19(23-11-15-16(12-23)18-9-8-17(15)26-18)21-10-13-4-6-14(7-5-13)22-27(2,24)25;/h4-7,15-18,22H,3,8-12H2,1-2H3,(H,20,21);1H. The lowest BCUT2D eigenvalue weighted by atomic mass is 9.82. The van der Waals surface area contributed by atoms with Crippen molar-refractivity contribution in [1.82, 2.24) is 10.2 Å². The van der Waals surface area contributed by atoms with Gasteiger partial charge in [0.15, 0.2) is 5.96 Å². The molecule has 28 heavy (non-hydrogen) atoms. The number of nitrogens with zero attached hydrogens (tertiary/aromatic N) is 2. The summed E-state index contributed by atoms with van der Waals surface area (Å²) in [6.45, 7) is 5.54. The van der Waals surface area contributed by atoms with E-state index in [1.54, 1.807) is 12.1 Å². The zero-order valence-electron chi connectivity index (χ0n) is 16.3. The molecule has 3 aliphatic heterocycles. The van der Waals surface area contributed by atoms with E-state index < -0.39 is 10.0 Å². The fourth-order valence-electron chi connectivity index (χ4n) is 4.62. The van der Waals surface area contributed by atoms with Gasteiger partial charge < -0.3 is 15.0 Å². The van der Waals surface area contributed by atoms with Gasteiger partial charge in [0.2, 0.25) is 10.0 Å². The van der Waals surface area contributed by atoms with E-state index in [9.17, 15) is 8.42 Å². The molecule has 1 aromatic rings. The average molecular weight is 520 g/mol. The molecule has 0 aliphatic carbocycles. The van der Waals surface area contributed by atoms with Crippen LogP contribution >= 0.6 is 24.0 Å². The summed E-state index contributed by atoms with van der Waals surface area (Å²) in [4.78, 5) is 7.20. The molecule has 156 valence electrons. The molecule has 3 fully saturated rings. The molecule has 4 rings (SSSR count). The fourth-order valence-corrected chi connectivity index (χ4v) is 5.18. The van der Waals surface area contributed by atoms with Crippen LogP contribution in [0, 0.1) is 11.8 Å². The molecule has 3 aliphatic rings. The number of rotatable bonds is 5. The molecule has 7 nitrogen and oxygen atoms in total. The van der Waals surface area contributed by atoms with Crippen molar-refractivity contribution in [2.75, 3.05) is 30.6 Å². The Hall–Kier alpha value is -1.07. The van der Waals surface area contributed by atoms with Crippen molar-refractivity contribution in [2.45, 2.75) is 38.5 Å². The maximum atomic E-state index is 11.3. The fraction of sp³-hybridized carbons (Fsp3) is 0.632. The summed E-state index contributed by atoms with van der Waals surface area (Å²) in [5.74, 6) is 2.26. The number of fused-ring (bicyclic) bond motifs is 5. The van der Waals surface area contributed by atoms with Crippen molar-refractivity contribution in [3.05, 3.63) is 29.8 Å². The van der Waals surface area contributed by atoms with Crippen LogP contribution in [0.2, 0.25) is 0 Å². The minimum Gasteiger partial charge on any atom is -0.374 e. The monoisotopic (exact) mass is 520 g/mol. The first kappa shape index (κ1) is 21.6. The van der Waals surface area contributed by atoms with Crippen LogP contribution in [0.4, 0.5) is 5.69 Å². The molecule has 0 amide bonds. The molecular weight excluding hydrogens is 491 g/mol. The van der Waals surface area contributed by atoms with Crippen LogP contribution in [0.15, 0.2) is 29.3 Å². The highest BCUT2D eigenvalue weighted by atomic mass is 127. The normalized spacial score (nSPS) is 28.8. The highest BCUT2D eigenvalue weighted by molar-refractivity contribution is 14.0. The summed E-state index contributed by atoms with van der Waals surface area (Å²) in [6.07, 6.45) is 4.46. The number of sulfonamides is 1. The van der Waals surface area contributed by atoms with Gasteiger partial charge in [0.05, 0.1) is 25.0 Å². The van der Waals surface area contributed by atoms with E-state index in [-0.39, 0.29) is 24.0 Å². The van der Waals surface area contributed by atoms with E-state index >= 15 is 0 Å². The largest absolute Gasteiger partial charge is 0.374 e. The quantitative estimate of drug-likeness (QED) is 0.354. The van der Waals surface area contributed by atoms with Gasteiger partial charge in [0.1, 0.15) is 0 Å². The molecule has 0 spiro atoms. The van der Waals surface area contributed by atoms with Crippen LogP contribution in [0.25, 0.3) is 0 Å². The number of hydrogen-bond acceptors (Lipinski definition) is 4. The first-order valence-electron chi connectivity index (χ1n) is 9.68. The number of likely N-dealkylation sites (tertiary alicyclic amines) is 1. The van der Waals surface area contributed by atoms with E-state index in [0.29, 0.717) is 36.3 Å². The second-order valence-corrected chi connectivity index (χ2v) is 9.51. The Kier molecular flexibility index (Phi) is 6.76. The number of benzene rings is 1. The van der Waals surface area contributed by atoms with Crippen molar-refractivity contribution in [3.63, 3.8) is 0 Å². The van der Waals surface area contributed by atoms with Gasteiger partial charge in [-0.3, -0.25) is 4.72 Å². The third-order valence-corrected chi connectivity index (χ3v) is 6.36. The lowest BCUT2D eigenvalue weighted by Gasteiger charge is -2.23. The highest BCUT2D eigenvalue weighted by Crippen LogP contribution is 2.47. The molecule has 0 aromatic heterocycles. The number of hydrogen-bond donors (Lipinski definition) is 2. The van der Waals surface area contributed by atoms with Crippen LogP contribution in [0.3, 0.4) is 0 Å². The molecule has 0 saturated carbocycles. The maximum Gasteiger partial charge on any atom is 0.229 e. The van der Waals surface area contributed by atoms with Gasteiger partial charge >= 0.3 is 0 Å². The summed E-state index contributed by atoms with van der Waals surface area (Å²) in [7, 11) is -3.25. The molecule has 4 atom stereocenters. The zero-order valence-corrected chi connectivity index (χ0v) is 19.4. The zero-order chi connectivity index (χ0) is 19.0. The van der Waals surface area contributed by atoms with Crippen LogP contribution < -0.4 is 10.0 Å². The van der Waals surface area contributed by atoms with Gasteiger partial charge in [0, 0.05) is 37.2 Å². The molecule has 1 aromatic carbocycles. The molecule has 3 heterocycles. The predicted molar refractivity (Wildman–Crippen MR) is 122 cm³/mol. The summed E-state index contributed by atoms with van der Waals surface area (Å²) in [5, 5.41) is 3.42. The minimum atomic E-state index is -3.25. The summed E-state index contributed by atoms with van der Waals surface area (Å²) in [6, 6.07) is 7.36. The minimum absolute atomic E-state index is 0. The lowest BCUT2D eigenvalue weighted by molar-refractivity contribution is 0.0767. The molecular formula is C19H29IN4O3S. The van der Waals surface area contributed by atoms with E-state index in [1.807, 2.05) is 12.1 Å². The Labute approximate surface area is 184 Å². The molecule has 9 heteroatoms. The summed E-state index contributed by atoms with van der Waals surface area (Å²) >= 11 is 0. The van der Waals surface area contributed by atoms with Crippen LogP contribution in [-0.2, 0) is 21.3 Å². The summed E-state index contributed by atoms with van der Waals surface area (Å²) in [5.41, 5.74) is 1.62. The van der Waals surface area contributed by atoms with Crippen LogP contribution in [0.5, 0.6) is 0 Å². The third kappa shape index (κ3) is 4.73. The Balaban J connectivity index is 0.00000225. The first-order chi connectivity index (χ1) is 12.9. The van der Waals surface area contributed by atoms with E-state index in [4.69, 9.17) is 9.73 Å². The number of halogens is 1. The van der Waals surface area contributed by atoms with Crippen LogP contribution in [0.1, 0.15) is 25.3 Å². The van der Waals surface area contributed by atoms with Gasteiger partial charge in [0.25, 0.3) is 0 Å². The Morgan fingerprint density at radius 3 is 2.32 bits per heavy atom. The second-order valence-electron chi connectivity index (χ2n) is 7.76. The molecule has 3 saturated heterocycles. The van der Waals surface area contributed by atoms with E-state index in [2.05, 4.69) is 21.9 Å². The van der Waals surface area contributed by atoms with Gasteiger partial charge in [-0.25, -0.2) is 13.4 Å². The number of guanidine groups is 1. The van der Waals surface area contributed by atoms with Crippen molar-refractivity contribution >= 4 is 45.6 Å². The highest BCUT2D eigenvalue weighted by Gasteiger charge is 2.53. The molecule has 2 bridgehead atoms. The number of anilines is 1. The second kappa shape index (κ2) is 8.74. The van der Waals surface area contributed by atoms with Gasteiger partial charge in [-0.05, 0) is 37.5 Å². The average Bonchev–Trinajstić information content (AvgIpc) is 3.31. The van der Waals surface area contributed by atoms with Crippen molar-refractivity contribution in [1.29, 1.82) is 0 Å². The van der Waals surface area contributed by atoms with Crippen LogP contribution in [-0.4, -0.2) is 57.4 Å². The Morgan fingerprint density at radius 1 is 1.18 bits per heavy atom. The third-order valence-electron chi connectivity index (χ3n) is 5.76. The number of nitrogens with one attached hydrogen (secondary N) is 2. The summed E-state index contributed by atoms with van der Waals surface area (Å²) < 4.78 is 31.1. The number of ether oxygens (including phenoxy) is 1. The Morgan fingerprint density at radius 2 is 1.79 bits per heavy atom. The molecule has 2 N–H and O–H groups in total. The molecule has 4 unspecified atom stereocenters. The van der Waals surface area contributed by atoms with Gasteiger partial charge in [-0.15, -0.1) is 24.0 Å². The SMILES string of the molecule is CCNC(=NCc1ccc(NS(C)(=O)=O)cc1)N1CC2C3CCC(O3)C2C1.I. The lowest BCUT2D eigenvalue weighted by Crippen LogP contribution is -2.41. The number of aliphatic imine (C=N–C) groups is 1. The van der Waals surface area contributed by atoms with Crippen molar-refractivity contribution < 1.29 is 13.2 Å². The van der Waals surface area contributed by atoms with Gasteiger partial charge in [-0.2, -0.15) is 0 Å². The van der Waals surface area contributed by atoms with E-state index in [1.165, 1.54) is 12.8 Å². The maximum absolute atomic E-state index is 11.3. The van der Waals surface area contributed by atoms with Gasteiger partial charge in [-0.1, -0.05) is 12.1 Å². The van der Waals surface area contributed by atoms with E-state index in [0.717, 1.165) is 37.4 Å². The predicted octanol–water partition coefficient (Wildman–Crippen LogP) is 2.25. The van der Waals surface area contributed by atoms with Crippen molar-refractivity contribution in [2.24, 2.45) is 16.8 Å². The van der Waals surface area contributed by atoms with Crippen molar-refractivity contribution in [3.8, 4) is 0 Å². The molecule has 0 radical (unpaired) electrons. The first-order valence-corrected chi connectivity index (χ1v) is 11.6. The topological polar surface area (TPSA) is 83.0 Å². The Bertz CT molecular complexity index is 797. The smallest absolute Gasteiger partial charge is 0.229 e.